The predicted molar refractivity (Wildman–Crippen MR) is 59.5 cm³/mol. The highest BCUT2D eigenvalue weighted by atomic mass is 79.9. The van der Waals surface area contributed by atoms with Gasteiger partial charge in [-0.15, -0.1) is 0 Å². The Balaban J connectivity index is 2.78. The summed E-state index contributed by atoms with van der Waals surface area (Å²) in [5.74, 6) is 0.804. The van der Waals surface area contributed by atoms with Gasteiger partial charge in [-0.2, -0.15) is 0 Å². The third-order valence-corrected chi connectivity index (χ3v) is 2.72. The molecule has 0 radical (unpaired) electrons. The van der Waals surface area contributed by atoms with Crippen molar-refractivity contribution in [2.75, 3.05) is 13.7 Å². The van der Waals surface area contributed by atoms with Crippen LogP contribution in [-0.2, 0) is 6.42 Å². The summed E-state index contributed by atoms with van der Waals surface area (Å²) in [6, 6.07) is 5.50. The predicted octanol–water partition coefficient (Wildman–Crippen LogP) is 1.32. The van der Waals surface area contributed by atoms with Crippen LogP contribution in [0.1, 0.15) is 5.56 Å². The minimum absolute atomic E-state index is 0.00152. The molecule has 0 fully saturated rings. The second-order valence-corrected chi connectivity index (χ2v) is 3.96. The number of methoxy groups -OCH3 is 1. The molecular formula is C10H14BrNO2. The van der Waals surface area contributed by atoms with Gasteiger partial charge in [-0.1, -0.05) is 22.0 Å². The van der Waals surface area contributed by atoms with Crippen molar-refractivity contribution in [2.24, 2.45) is 5.73 Å². The molecule has 0 saturated heterocycles. The third-order valence-electron chi connectivity index (χ3n) is 1.98. The van der Waals surface area contributed by atoms with Crippen LogP contribution in [0.3, 0.4) is 0 Å². The molecule has 1 unspecified atom stereocenters. The number of aliphatic hydroxyl groups is 1. The molecular weight excluding hydrogens is 246 g/mol. The fourth-order valence-electron chi connectivity index (χ4n) is 1.17. The quantitative estimate of drug-likeness (QED) is 0.858. The van der Waals surface area contributed by atoms with E-state index in [-0.39, 0.29) is 12.6 Å². The molecule has 0 saturated carbocycles. The number of rotatable bonds is 4. The standard InChI is InChI=1S/C10H14BrNO2/c1-14-9-3-2-7(10(11)5-9)4-8(12)6-13/h2-3,5,8,13H,4,6,12H2,1H3. The molecule has 1 atom stereocenters. The van der Waals surface area contributed by atoms with Gasteiger partial charge in [-0.25, -0.2) is 0 Å². The molecule has 0 spiro atoms. The summed E-state index contributed by atoms with van der Waals surface area (Å²) in [6.45, 7) is -0.00152. The number of hydrogen-bond acceptors (Lipinski definition) is 3. The summed E-state index contributed by atoms with van der Waals surface area (Å²) in [5, 5.41) is 8.82. The van der Waals surface area contributed by atoms with Gasteiger partial charge in [0, 0.05) is 10.5 Å². The lowest BCUT2D eigenvalue weighted by Gasteiger charge is -2.10. The largest absolute Gasteiger partial charge is 0.497 e. The Labute approximate surface area is 92.0 Å². The van der Waals surface area contributed by atoms with E-state index in [9.17, 15) is 0 Å². The number of hydrogen-bond donors (Lipinski definition) is 2. The van der Waals surface area contributed by atoms with E-state index in [1.807, 2.05) is 18.2 Å². The van der Waals surface area contributed by atoms with Gasteiger partial charge in [0.25, 0.3) is 0 Å². The highest BCUT2D eigenvalue weighted by Gasteiger charge is 2.06. The van der Waals surface area contributed by atoms with Gasteiger partial charge >= 0.3 is 0 Å². The molecule has 1 aromatic carbocycles. The van der Waals surface area contributed by atoms with Gasteiger partial charge in [0.15, 0.2) is 0 Å². The molecule has 3 N–H and O–H groups in total. The Morgan fingerprint density at radius 2 is 2.29 bits per heavy atom. The molecule has 4 heteroatoms. The van der Waals surface area contributed by atoms with E-state index in [0.717, 1.165) is 15.8 Å². The number of aliphatic hydroxyl groups excluding tert-OH is 1. The van der Waals surface area contributed by atoms with E-state index < -0.39 is 0 Å². The zero-order valence-corrected chi connectivity index (χ0v) is 9.62. The van der Waals surface area contributed by atoms with E-state index in [4.69, 9.17) is 15.6 Å². The molecule has 0 aromatic heterocycles. The molecule has 1 aromatic rings. The van der Waals surface area contributed by atoms with Crippen molar-refractivity contribution in [3.05, 3.63) is 28.2 Å². The summed E-state index contributed by atoms with van der Waals surface area (Å²) in [4.78, 5) is 0. The molecule has 14 heavy (non-hydrogen) atoms. The topological polar surface area (TPSA) is 55.5 Å². The van der Waals surface area contributed by atoms with Gasteiger partial charge in [-0.3, -0.25) is 0 Å². The monoisotopic (exact) mass is 259 g/mol. The van der Waals surface area contributed by atoms with Crippen LogP contribution in [0.4, 0.5) is 0 Å². The average Bonchev–Trinajstić information content (AvgIpc) is 2.20. The second-order valence-electron chi connectivity index (χ2n) is 3.10. The highest BCUT2D eigenvalue weighted by molar-refractivity contribution is 9.10. The molecule has 78 valence electrons. The lowest BCUT2D eigenvalue weighted by Crippen LogP contribution is -2.26. The summed E-state index contributed by atoms with van der Waals surface area (Å²) in [6.07, 6.45) is 0.654. The van der Waals surface area contributed by atoms with Crippen LogP contribution in [-0.4, -0.2) is 24.9 Å². The Bertz CT molecular complexity index is 304. The Hall–Kier alpha value is -0.580. The molecule has 3 nitrogen and oxygen atoms in total. The molecule has 0 bridgehead atoms. The normalized spacial score (nSPS) is 12.6. The fraction of sp³-hybridized carbons (Fsp3) is 0.400. The minimum Gasteiger partial charge on any atom is -0.497 e. The van der Waals surface area contributed by atoms with Gasteiger partial charge < -0.3 is 15.6 Å². The fourth-order valence-corrected chi connectivity index (χ4v) is 1.69. The lowest BCUT2D eigenvalue weighted by atomic mass is 10.1. The van der Waals surface area contributed by atoms with E-state index in [0.29, 0.717) is 6.42 Å². The molecule has 0 aliphatic carbocycles. The summed E-state index contributed by atoms with van der Waals surface area (Å²) in [5.41, 5.74) is 6.72. The first-order chi connectivity index (χ1) is 6.67. The maximum absolute atomic E-state index is 8.82. The maximum atomic E-state index is 8.82. The number of nitrogens with two attached hydrogens (primary N) is 1. The van der Waals surface area contributed by atoms with Crippen LogP contribution in [0.2, 0.25) is 0 Å². The van der Waals surface area contributed by atoms with Crippen molar-refractivity contribution in [1.82, 2.24) is 0 Å². The molecule has 0 aliphatic heterocycles. The highest BCUT2D eigenvalue weighted by Crippen LogP contribution is 2.23. The number of ether oxygens (including phenoxy) is 1. The van der Waals surface area contributed by atoms with E-state index in [1.54, 1.807) is 7.11 Å². The van der Waals surface area contributed by atoms with Crippen LogP contribution < -0.4 is 10.5 Å². The number of benzene rings is 1. The first-order valence-electron chi connectivity index (χ1n) is 4.36. The molecule has 0 heterocycles. The van der Waals surface area contributed by atoms with E-state index >= 15 is 0 Å². The van der Waals surface area contributed by atoms with Crippen molar-refractivity contribution < 1.29 is 9.84 Å². The van der Waals surface area contributed by atoms with Crippen molar-refractivity contribution in [1.29, 1.82) is 0 Å². The SMILES string of the molecule is COc1ccc(CC(N)CO)c(Br)c1. The van der Waals surface area contributed by atoms with E-state index in [1.165, 1.54) is 0 Å². The van der Waals surface area contributed by atoms with Crippen LogP contribution in [0.5, 0.6) is 5.75 Å². The smallest absolute Gasteiger partial charge is 0.120 e. The van der Waals surface area contributed by atoms with Crippen LogP contribution in [0.25, 0.3) is 0 Å². The van der Waals surface area contributed by atoms with Crippen molar-refractivity contribution in [2.45, 2.75) is 12.5 Å². The first kappa shape index (κ1) is 11.5. The first-order valence-corrected chi connectivity index (χ1v) is 5.15. The Morgan fingerprint density at radius 1 is 1.57 bits per heavy atom. The lowest BCUT2D eigenvalue weighted by molar-refractivity contribution is 0.265. The van der Waals surface area contributed by atoms with Gasteiger partial charge in [0.2, 0.25) is 0 Å². The van der Waals surface area contributed by atoms with Crippen LogP contribution in [0.15, 0.2) is 22.7 Å². The molecule has 0 amide bonds. The van der Waals surface area contributed by atoms with Gasteiger partial charge in [0.1, 0.15) is 5.75 Å². The zero-order chi connectivity index (χ0) is 10.6. The summed E-state index contributed by atoms with van der Waals surface area (Å²) < 4.78 is 6.03. The summed E-state index contributed by atoms with van der Waals surface area (Å²) >= 11 is 3.43. The van der Waals surface area contributed by atoms with Crippen LogP contribution in [0, 0.1) is 0 Å². The average molecular weight is 260 g/mol. The van der Waals surface area contributed by atoms with Gasteiger partial charge in [0.05, 0.1) is 13.7 Å². The number of halogens is 1. The Kier molecular flexibility index (Phi) is 4.38. The van der Waals surface area contributed by atoms with Crippen molar-refractivity contribution >= 4 is 15.9 Å². The zero-order valence-electron chi connectivity index (χ0n) is 8.03. The maximum Gasteiger partial charge on any atom is 0.120 e. The Morgan fingerprint density at radius 3 is 2.79 bits per heavy atom. The van der Waals surface area contributed by atoms with E-state index in [2.05, 4.69) is 15.9 Å². The van der Waals surface area contributed by atoms with Crippen molar-refractivity contribution in [3.63, 3.8) is 0 Å². The second kappa shape index (κ2) is 5.34. The molecule has 1 rings (SSSR count). The van der Waals surface area contributed by atoms with Gasteiger partial charge in [-0.05, 0) is 24.1 Å². The van der Waals surface area contributed by atoms with Crippen LogP contribution >= 0.6 is 15.9 Å². The minimum atomic E-state index is -0.209. The summed E-state index contributed by atoms with van der Waals surface area (Å²) in [7, 11) is 1.63. The molecule has 0 aliphatic rings. The third kappa shape index (κ3) is 2.97. The van der Waals surface area contributed by atoms with Crippen molar-refractivity contribution in [3.8, 4) is 5.75 Å².